The summed E-state index contributed by atoms with van der Waals surface area (Å²) in [5, 5.41) is 1.24. The Morgan fingerprint density at radius 3 is 2.70 bits per heavy atom. The molecule has 1 aromatic heterocycles. The lowest BCUT2D eigenvalue weighted by molar-refractivity contribution is 0.415. The molecule has 0 atom stereocenters. The van der Waals surface area contributed by atoms with Gasteiger partial charge in [-0.2, -0.15) is 0 Å². The summed E-state index contributed by atoms with van der Waals surface area (Å²) >= 11 is 5.98. The Hall–Kier alpha value is -2.26. The van der Waals surface area contributed by atoms with Crippen molar-refractivity contribution in [3.05, 3.63) is 63.8 Å². The van der Waals surface area contributed by atoms with E-state index in [-0.39, 0.29) is 5.43 Å². The number of aromatic nitrogens is 1. The zero-order chi connectivity index (χ0) is 14.1. The maximum absolute atomic E-state index is 12.2. The van der Waals surface area contributed by atoms with Crippen molar-refractivity contribution in [1.29, 1.82) is 0 Å². The molecule has 0 bridgehead atoms. The molecule has 0 radical (unpaired) electrons. The molecule has 0 spiro atoms. The third kappa shape index (κ3) is 2.28. The normalized spacial score (nSPS) is 10.7. The van der Waals surface area contributed by atoms with Gasteiger partial charge in [-0.15, -0.1) is 0 Å². The van der Waals surface area contributed by atoms with Gasteiger partial charge < -0.3 is 9.72 Å². The Morgan fingerprint density at radius 1 is 1.10 bits per heavy atom. The monoisotopic (exact) mass is 285 g/mol. The molecule has 0 aliphatic heterocycles. The van der Waals surface area contributed by atoms with Gasteiger partial charge in [-0.25, -0.2) is 0 Å². The standard InChI is InChI=1S/C16H12ClNO2/c1-20-12-5-6-14-13(8-12)16(19)9-15(18-14)10-3-2-4-11(17)7-10/h2-9H,1H3,(H,18,19). The molecule has 100 valence electrons. The number of pyridine rings is 1. The Morgan fingerprint density at radius 2 is 1.95 bits per heavy atom. The van der Waals surface area contributed by atoms with Gasteiger partial charge in [-0.3, -0.25) is 4.79 Å². The largest absolute Gasteiger partial charge is 0.497 e. The van der Waals surface area contributed by atoms with E-state index in [9.17, 15) is 4.79 Å². The summed E-state index contributed by atoms with van der Waals surface area (Å²) in [6.07, 6.45) is 0. The highest BCUT2D eigenvalue weighted by Gasteiger charge is 2.06. The smallest absolute Gasteiger partial charge is 0.190 e. The predicted molar refractivity (Wildman–Crippen MR) is 81.6 cm³/mol. The number of aromatic amines is 1. The number of nitrogens with one attached hydrogen (secondary N) is 1. The first kappa shape index (κ1) is 12.8. The summed E-state index contributed by atoms with van der Waals surface area (Å²) in [7, 11) is 1.58. The number of benzene rings is 2. The Bertz CT molecular complexity index is 839. The van der Waals surface area contributed by atoms with Crippen molar-refractivity contribution in [2.45, 2.75) is 0 Å². The van der Waals surface area contributed by atoms with Crippen LogP contribution in [0.15, 0.2) is 53.3 Å². The second kappa shape index (κ2) is 5.02. The molecular formula is C16H12ClNO2. The molecule has 20 heavy (non-hydrogen) atoms. The highest BCUT2D eigenvalue weighted by molar-refractivity contribution is 6.30. The maximum Gasteiger partial charge on any atom is 0.190 e. The number of hydrogen-bond donors (Lipinski definition) is 1. The SMILES string of the molecule is COc1ccc2[nH]c(-c3cccc(Cl)c3)cc(=O)c2c1. The lowest BCUT2D eigenvalue weighted by atomic mass is 10.1. The van der Waals surface area contributed by atoms with Gasteiger partial charge in [0.25, 0.3) is 0 Å². The van der Waals surface area contributed by atoms with Gasteiger partial charge in [0.2, 0.25) is 0 Å². The number of hydrogen-bond acceptors (Lipinski definition) is 2. The lowest BCUT2D eigenvalue weighted by Crippen LogP contribution is -2.03. The summed E-state index contributed by atoms with van der Waals surface area (Å²) in [5.41, 5.74) is 2.35. The van der Waals surface area contributed by atoms with E-state index < -0.39 is 0 Å². The van der Waals surface area contributed by atoms with E-state index in [1.165, 1.54) is 0 Å². The van der Waals surface area contributed by atoms with E-state index in [0.29, 0.717) is 16.2 Å². The fourth-order valence-corrected chi connectivity index (χ4v) is 2.36. The molecule has 4 heteroatoms. The number of halogens is 1. The highest BCUT2D eigenvalue weighted by atomic mass is 35.5. The number of rotatable bonds is 2. The first-order valence-electron chi connectivity index (χ1n) is 6.14. The Balaban J connectivity index is 2.22. The van der Waals surface area contributed by atoms with Crippen molar-refractivity contribution >= 4 is 22.5 Å². The molecule has 1 heterocycles. The minimum Gasteiger partial charge on any atom is -0.497 e. The van der Waals surface area contributed by atoms with Crippen LogP contribution in [-0.4, -0.2) is 12.1 Å². The van der Waals surface area contributed by atoms with Crippen LogP contribution in [0.5, 0.6) is 5.75 Å². The van der Waals surface area contributed by atoms with Gasteiger partial charge in [0, 0.05) is 27.7 Å². The topological polar surface area (TPSA) is 42.1 Å². The number of methoxy groups -OCH3 is 1. The van der Waals surface area contributed by atoms with E-state index in [1.54, 1.807) is 25.3 Å². The van der Waals surface area contributed by atoms with E-state index >= 15 is 0 Å². The van der Waals surface area contributed by atoms with Crippen LogP contribution in [-0.2, 0) is 0 Å². The van der Waals surface area contributed by atoms with Gasteiger partial charge in [0.15, 0.2) is 5.43 Å². The number of ether oxygens (including phenoxy) is 1. The van der Waals surface area contributed by atoms with Crippen molar-refractivity contribution in [2.75, 3.05) is 7.11 Å². The minimum absolute atomic E-state index is 0.0485. The van der Waals surface area contributed by atoms with Crippen molar-refractivity contribution < 1.29 is 4.74 Å². The van der Waals surface area contributed by atoms with Crippen molar-refractivity contribution in [3.63, 3.8) is 0 Å². The Labute approximate surface area is 120 Å². The second-order valence-corrected chi connectivity index (χ2v) is 4.91. The molecule has 3 nitrogen and oxygen atoms in total. The zero-order valence-electron chi connectivity index (χ0n) is 10.8. The average molecular weight is 286 g/mol. The van der Waals surface area contributed by atoms with Crippen LogP contribution in [0.4, 0.5) is 0 Å². The third-order valence-electron chi connectivity index (χ3n) is 3.17. The molecule has 0 amide bonds. The van der Waals surface area contributed by atoms with Crippen LogP contribution < -0.4 is 10.2 Å². The molecule has 0 unspecified atom stereocenters. The summed E-state index contributed by atoms with van der Waals surface area (Å²) in [5.74, 6) is 0.665. The fourth-order valence-electron chi connectivity index (χ4n) is 2.16. The van der Waals surface area contributed by atoms with E-state index in [4.69, 9.17) is 16.3 Å². The van der Waals surface area contributed by atoms with Crippen LogP contribution in [0.1, 0.15) is 0 Å². The lowest BCUT2D eigenvalue weighted by Gasteiger charge is -2.06. The molecule has 0 fully saturated rings. The van der Waals surface area contributed by atoms with Gasteiger partial charge >= 0.3 is 0 Å². The van der Waals surface area contributed by atoms with Crippen LogP contribution in [0, 0.1) is 0 Å². The van der Waals surface area contributed by atoms with Crippen LogP contribution in [0.3, 0.4) is 0 Å². The summed E-state index contributed by atoms with van der Waals surface area (Å²) < 4.78 is 5.14. The molecular weight excluding hydrogens is 274 g/mol. The maximum atomic E-state index is 12.2. The van der Waals surface area contributed by atoms with Gasteiger partial charge in [0.05, 0.1) is 7.11 Å². The van der Waals surface area contributed by atoms with Crippen LogP contribution in [0.2, 0.25) is 5.02 Å². The van der Waals surface area contributed by atoms with E-state index in [2.05, 4.69) is 4.98 Å². The molecule has 0 saturated carbocycles. The second-order valence-electron chi connectivity index (χ2n) is 4.47. The molecule has 0 aliphatic rings. The molecule has 0 aliphatic carbocycles. The van der Waals surface area contributed by atoms with E-state index in [1.807, 2.05) is 30.3 Å². The quantitative estimate of drug-likeness (QED) is 0.777. The first-order valence-corrected chi connectivity index (χ1v) is 6.52. The van der Waals surface area contributed by atoms with Gasteiger partial charge in [0.1, 0.15) is 5.75 Å². The third-order valence-corrected chi connectivity index (χ3v) is 3.41. The minimum atomic E-state index is -0.0485. The van der Waals surface area contributed by atoms with Gasteiger partial charge in [-0.1, -0.05) is 23.7 Å². The van der Waals surface area contributed by atoms with Gasteiger partial charge in [-0.05, 0) is 35.9 Å². The van der Waals surface area contributed by atoms with Crippen molar-refractivity contribution in [2.24, 2.45) is 0 Å². The predicted octanol–water partition coefficient (Wildman–Crippen LogP) is 3.86. The van der Waals surface area contributed by atoms with Crippen molar-refractivity contribution in [3.8, 4) is 17.0 Å². The van der Waals surface area contributed by atoms with Crippen LogP contribution >= 0.6 is 11.6 Å². The molecule has 0 saturated heterocycles. The van der Waals surface area contributed by atoms with Crippen LogP contribution in [0.25, 0.3) is 22.2 Å². The average Bonchev–Trinajstić information content (AvgIpc) is 2.47. The molecule has 2 aromatic carbocycles. The zero-order valence-corrected chi connectivity index (χ0v) is 11.6. The highest BCUT2D eigenvalue weighted by Crippen LogP contribution is 2.23. The first-order chi connectivity index (χ1) is 9.67. The molecule has 3 aromatic rings. The van der Waals surface area contributed by atoms with Crippen molar-refractivity contribution in [1.82, 2.24) is 4.98 Å². The summed E-state index contributed by atoms with van der Waals surface area (Å²) in [6, 6.07) is 14.4. The fraction of sp³-hybridized carbons (Fsp3) is 0.0625. The molecule has 3 rings (SSSR count). The summed E-state index contributed by atoms with van der Waals surface area (Å²) in [4.78, 5) is 15.5. The Kier molecular flexibility index (Phi) is 3.20. The van der Waals surface area contributed by atoms with E-state index in [0.717, 1.165) is 16.8 Å². The summed E-state index contributed by atoms with van der Waals surface area (Å²) in [6.45, 7) is 0. The number of H-pyrrole nitrogens is 1. The number of fused-ring (bicyclic) bond motifs is 1. The molecule has 1 N–H and O–H groups in total.